The number of hydrogen-bond donors (Lipinski definition) is 1. The first-order valence-corrected chi connectivity index (χ1v) is 8.90. The molecule has 2 rings (SSSR count). The molecule has 0 spiro atoms. The highest BCUT2D eigenvalue weighted by Gasteiger charge is 2.19. The Hall–Kier alpha value is -2.36. The summed E-state index contributed by atoms with van der Waals surface area (Å²) in [7, 11) is 2.03. The second-order valence-corrected chi connectivity index (χ2v) is 7.46. The van der Waals surface area contributed by atoms with E-state index in [4.69, 9.17) is 0 Å². The summed E-state index contributed by atoms with van der Waals surface area (Å²) in [4.78, 5) is 19.1. The van der Waals surface area contributed by atoms with Gasteiger partial charge < -0.3 is 10.2 Å². The predicted molar refractivity (Wildman–Crippen MR) is 106 cm³/mol. The Kier molecular flexibility index (Phi) is 6.18. The normalized spacial score (nSPS) is 11.2. The maximum Gasteiger partial charge on any atom is 0.257 e. The van der Waals surface area contributed by atoms with Crippen molar-refractivity contribution < 1.29 is 4.79 Å². The zero-order valence-corrected chi connectivity index (χ0v) is 16.0. The molecule has 0 aliphatic rings. The summed E-state index contributed by atoms with van der Waals surface area (Å²) in [6.07, 6.45) is 5.68. The molecule has 1 aromatic carbocycles. The fourth-order valence-electron chi connectivity index (χ4n) is 2.73. The molecule has 0 aliphatic carbocycles. The smallest absolute Gasteiger partial charge is 0.257 e. The number of nitrogens with zero attached hydrogens (tertiary/aromatic N) is 2. The molecule has 4 nitrogen and oxygen atoms in total. The number of hydrogen-bond acceptors (Lipinski definition) is 3. The van der Waals surface area contributed by atoms with E-state index in [9.17, 15) is 4.79 Å². The van der Waals surface area contributed by atoms with E-state index in [1.807, 2.05) is 31.3 Å². The molecule has 1 N–H and O–H groups in total. The Labute approximate surface area is 151 Å². The van der Waals surface area contributed by atoms with Crippen molar-refractivity contribution in [2.75, 3.05) is 23.8 Å². The lowest BCUT2D eigenvalue weighted by molar-refractivity contribution is 0.102. The molecule has 0 atom stereocenters. The summed E-state index contributed by atoms with van der Waals surface area (Å²) in [5.41, 5.74) is 3.47. The first-order chi connectivity index (χ1) is 11.8. The molecule has 0 bridgehead atoms. The van der Waals surface area contributed by atoms with Crippen molar-refractivity contribution in [2.24, 2.45) is 0 Å². The highest BCUT2D eigenvalue weighted by Crippen LogP contribution is 2.29. The van der Waals surface area contributed by atoms with Crippen LogP contribution in [0.1, 0.15) is 56.5 Å². The van der Waals surface area contributed by atoms with Gasteiger partial charge in [-0.15, -0.1) is 0 Å². The molecule has 0 radical (unpaired) electrons. The Morgan fingerprint density at radius 1 is 1.20 bits per heavy atom. The Morgan fingerprint density at radius 3 is 2.60 bits per heavy atom. The van der Waals surface area contributed by atoms with Crippen LogP contribution in [0, 0.1) is 0 Å². The molecule has 1 aromatic heterocycles. The lowest BCUT2D eigenvalue weighted by Crippen LogP contribution is -2.21. The number of benzene rings is 1. The van der Waals surface area contributed by atoms with Gasteiger partial charge in [-0.3, -0.25) is 9.78 Å². The Balaban J connectivity index is 2.20. The van der Waals surface area contributed by atoms with Crippen LogP contribution in [-0.2, 0) is 5.41 Å². The predicted octanol–water partition coefficient (Wildman–Crippen LogP) is 4.87. The van der Waals surface area contributed by atoms with Gasteiger partial charge in [0.1, 0.15) is 0 Å². The van der Waals surface area contributed by atoms with Crippen LogP contribution >= 0.6 is 0 Å². The van der Waals surface area contributed by atoms with E-state index < -0.39 is 0 Å². The van der Waals surface area contributed by atoms with Gasteiger partial charge in [-0.25, -0.2) is 0 Å². The molecule has 0 aliphatic heterocycles. The number of rotatable bonds is 6. The lowest BCUT2D eigenvalue weighted by atomic mass is 9.86. The van der Waals surface area contributed by atoms with Gasteiger partial charge in [0, 0.05) is 25.5 Å². The highest BCUT2D eigenvalue weighted by molar-refractivity contribution is 6.05. The summed E-state index contributed by atoms with van der Waals surface area (Å²) in [6.45, 7) is 9.55. The number of carbonyl (C=O) groups excluding carboxylic acids is 1. The van der Waals surface area contributed by atoms with Crippen molar-refractivity contribution in [3.63, 3.8) is 0 Å². The van der Waals surface area contributed by atoms with Crippen molar-refractivity contribution >= 4 is 17.3 Å². The van der Waals surface area contributed by atoms with E-state index in [2.05, 4.69) is 49.0 Å². The molecule has 25 heavy (non-hydrogen) atoms. The van der Waals surface area contributed by atoms with E-state index in [-0.39, 0.29) is 11.3 Å². The molecular formula is C21H29N3O. The third kappa shape index (κ3) is 5.05. The Morgan fingerprint density at radius 2 is 1.92 bits per heavy atom. The Bertz CT molecular complexity index is 719. The van der Waals surface area contributed by atoms with E-state index >= 15 is 0 Å². The topological polar surface area (TPSA) is 45.2 Å². The zero-order chi connectivity index (χ0) is 18.4. The van der Waals surface area contributed by atoms with Crippen LogP contribution in [0.2, 0.25) is 0 Å². The van der Waals surface area contributed by atoms with Gasteiger partial charge in [0.05, 0.1) is 17.4 Å². The number of carbonyl (C=O) groups is 1. The first kappa shape index (κ1) is 19.0. The largest absolute Gasteiger partial charge is 0.373 e. The summed E-state index contributed by atoms with van der Waals surface area (Å²) in [5, 5.41) is 3.05. The molecule has 2 aromatic rings. The van der Waals surface area contributed by atoms with Crippen molar-refractivity contribution in [3.8, 4) is 0 Å². The minimum absolute atomic E-state index is 0.0374. The standard InChI is InChI=1S/C21H29N3O/c1-6-7-12-24(5)17-13-16(14-22-15-17)20(25)23-19-11-9-8-10-18(19)21(2,3)4/h8-11,13-15H,6-7,12H2,1-5H3,(H,23,25). The first-order valence-electron chi connectivity index (χ1n) is 8.90. The van der Waals surface area contributed by atoms with Gasteiger partial charge in [-0.1, -0.05) is 52.3 Å². The van der Waals surface area contributed by atoms with Crippen LogP contribution in [0.4, 0.5) is 11.4 Å². The molecule has 1 heterocycles. The average Bonchev–Trinajstić information content (AvgIpc) is 2.59. The monoisotopic (exact) mass is 339 g/mol. The number of unbranched alkanes of at least 4 members (excludes halogenated alkanes) is 1. The van der Waals surface area contributed by atoms with Crippen molar-refractivity contribution in [1.29, 1.82) is 0 Å². The van der Waals surface area contributed by atoms with Crippen LogP contribution in [-0.4, -0.2) is 24.5 Å². The van der Waals surface area contributed by atoms with Gasteiger partial charge >= 0.3 is 0 Å². The summed E-state index contributed by atoms with van der Waals surface area (Å²) in [5.74, 6) is -0.130. The maximum absolute atomic E-state index is 12.7. The van der Waals surface area contributed by atoms with Crippen LogP contribution in [0.15, 0.2) is 42.7 Å². The summed E-state index contributed by atoms with van der Waals surface area (Å²) in [6, 6.07) is 9.85. The summed E-state index contributed by atoms with van der Waals surface area (Å²) >= 11 is 0. The number of anilines is 2. The van der Waals surface area contributed by atoms with Crippen LogP contribution < -0.4 is 10.2 Å². The number of nitrogens with one attached hydrogen (secondary N) is 1. The van der Waals surface area contributed by atoms with Gasteiger partial charge in [-0.2, -0.15) is 0 Å². The third-order valence-corrected chi connectivity index (χ3v) is 4.26. The van der Waals surface area contributed by atoms with Gasteiger partial charge in [0.2, 0.25) is 0 Å². The summed E-state index contributed by atoms with van der Waals surface area (Å²) < 4.78 is 0. The van der Waals surface area contributed by atoms with Crippen LogP contribution in [0.5, 0.6) is 0 Å². The van der Waals surface area contributed by atoms with E-state index in [0.717, 1.165) is 36.3 Å². The quantitative estimate of drug-likeness (QED) is 0.817. The zero-order valence-electron chi connectivity index (χ0n) is 16.0. The number of amides is 1. The van der Waals surface area contributed by atoms with E-state index in [0.29, 0.717) is 5.56 Å². The number of para-hydroxylation sites is 1. The average molecular weight is 339 g/mol. The third-order valence-electron chi connectivity index (χ3n) is 4.26. The molecule has 0 saturated heterocycles. The molecular weight excluding hydrogens is 310 g/mol. The molecule has 0 unspecified atom stereocenters. The SMILES string of the molecule is CCCCN(C)c1cncc(C(=O)Nc2ccccc2C(C)(C)C)c1. The van der Waals surface area contributed by atoms with Crippen molar-refractivity contribution in [1.82, 2.24) is 4.98 Å². The number of pyridine rings is 1. The second kappa shape index (κ2) is 8.15. The minimum Gasteiger partial charge on any atom is -0.373 e. The molecule has 0 saturated carbocycles. The van der Waals surface area contributed by atoms with Gasteiger partial charge in [0.25, 0.3) is 5.91 Å². The maximum atomic E-state index is 12.7. The van der Waals surface area contributed by atoms with Crippen molar-refractivity contribution in [3.05, 3.63) is 53.9 Å². The van der Waals surface area contributed by atoms with Crippen LogP contribution in [0.25, 0.3) is 0 Å². The lowest BCUT2D eigenvalue weighted by Gasteiger charge is -2.23. The van der Waals surface area contributed by atoms with Crippen LogP contribution in [0.3, 0.4) is 0 Å². The fourth-order valence-corrected chi connectivity index (χ4v) is 2.73. The van der Waals surface area contributed by atoms with Crippen molar-refractivity contribution in [2.45, 2.75) is 46.0 Å². The van der Waals surface area contributed by atoms with E-state index in [1.165, 1.54) is 0 Å². The molecule has 1 amide bonds. The highest BCUT2D eigenvalue weighted by atomic mass is 16.1. The fraction of sp³-hybridized carbons (Fsp3) is 0.429. The van der Waals surface area contributed by atoms with Gasteiger partial charge in [-0.05, 0) is 29.5 Å². The number of aromatic nitrogens is 1. The molecule has 4 heteroatoms. The molecule has 0 fully saturated rings. The van der Waals surface area contributed by atoms with E-state index in [1.54, 1.807) is 12.4 Å². The minimum atomic E-state index is -0.130. The molecule has 134 valence electrons. The second-order valence-electron chi connectivity index (χ2n) is 7.46. The van der Waals surface area contributed by atoms with Gasteiger partial charge in [0.15, 0.2) is 0 Å².